The monoisotopic (exact) mass is 315 g/mol. The number of aryl methyl sites for hydroxylation is 2. The normalized spacial score (nSPS) is 14.4. The summed E-state index contributed by atoms with van der Waals surface area (Å²) >= 11 is 1.52. The minimum atomic E-state index is 0.167. The molecule has 4 heteroatoms. The number of hydrogen-bond donors (Lipinski definition) is 0. The van der Waals surface area contributed by atoms with Crippen molar-refractivity contribution >= 4 is 17.2 Å². The first kappa shape index (κ1) is 15.1. The zero-order chi connectivity index (χ0) is 15.5. The van der Waals surface area contributed by atoms with Gasteiger partial charge in [0.15, 0.2) is 0 Å². The summed E-state index contributed by atoms with van der Waals surface area (Å²) in [5.74, 6) is 1.07. The van der Waals surface area contributed by atoms with Crippen LogP contribution in [0.25, 0.3) is 0 Å². The highest BCUT2D eigenvalue weighted by molar-refractivity contribution is 7.12. The molecule has 1 aromatic carbocycles. The lowest BCUT2D eigenvalue weighted by molar-refractivity contribution is 0.0797. The van der Waals surface area contributed by atoms with E-state index in [1.54, 1.807) is 0 Å². The van der Waals surface area contributed by atoms with Gasteiger partial charge in [0.25, 0.3) is 5.91 Å². The van der Waals surface area contributed by atoms with E-state index in [-0.39, 0.29) is 5.91 Å². The summed E-state index contributed by atoms with van der Waals surface area (Å²) in [7, 11) is 0. The molecular formula is C18H21NO2S. The Hall–Kier alpha value is -1.81. The first-order chi connectivity index (χ1) is 10.6. The molecule has 0 saturated carbocycles. The summed E-state index contributed by atoms with van der Waals surface area (Å²) in [5, 5.41) is 2.02. The molecule has 1 fully saturated rings. The molecule has 1 saturated heterocycles. The number of amides is 1. The van der Waals surface area contributed by atoms with E-state index in [0.29, 0.717) is 6.61 Å². The van der Waals surface area contributed by atoms with Gasteiger partial charge in [-0.3, -0.25) is 4.79 Å². The van der Waals surface area contributed by atoms with E-state index in [4.69, 9.17) is 4.74 Å². The number of benzene rings is 1. The molecule has 22 heavy (non-hydrogen) atoms. The van der Waals surface area contributed by atoms with Gasteiger partial charge in [-0.05, 0) is 49.8 Å². The van der Waals surface area contributed by atoms with Crippen molar-refractivity contribution in [3.05, 3.63) is 51.2 Å². The van der Waals surface area contributed by atoms with Gasteiger partial charge in [0, 0.05) is 18.7 Å². The van der Waals surface area contributed by atoms with Crippen LogP contribution in [-0.2, 0) is 6.61 Å². The molecule has 0 radical (unpaired) electrons. The lowest BCUT2D eigenvalue weighted by Crippen LogP contribution is -2.26. The lowest BCUT2D eigenvalue weighted by Gasteiger charge is -2.13. The van der Waals surface area contributed by atoms with E-state index in [1.165, 1.54) is 16.9 Å². The minimum Gasteiger partial charge on any atom is -0.489 e. The van der Waals surface area contributed by atoms with Gasteiger partial charge in [-0.25, -0.2) is 0 Å². The zero-order valence-electron chi connectivity index (χ0n) is 13.1. The smallest absolute Gasteiger partial charge is 0.263 e. The molecule has 0 bridgehead atoms. The van der Waals surface area contributed by atoms with Crippen LogP contribution >= 0.6 is 11.3 Å². The Morgan fingerprint density at radius 3 is 2.73 bits per heavy atom. The fourth-order valence-electron chi connectivity index (χ4n) is 2.76. The number of likely N-dealkylation sites (tertiary alicyclic amines) is 1. The third kappa shape index (κ3) is 3.33. The van der Waals surface area contributed by atoms with Crippen molar-refractivity contribution in [3.8, 4) is 5.75 Å². The molecule has 1 aliphatic heterocycles. The number of thiophene rings is 1. The third-order valence-electron chi connectivity index (χ3n) is 3.98. The number of nitrogens with zero attached hydrogens (tertiary/aromatic N) is 1. The highest BCUT2D eigenvalue weighted by atomic mass is 32.1. The average molecular weight is 315 g/mol. The van der Waals surface area contributed by atoms with Crippen LogP contribution in [0.15, 0.2) is 29.6 Å². The molecule has 0 aliphatic carbocycles. The maximum atomic E-state index is 12.3. The summed E-state index contributed by atoms with van der Waals surface area (Å²) in [6.45, 7) is 6.42. The fourth-order valence-corrected chi connectivity index (χ4v) is 3.63. The molecule has 0 spiro atoms. The maximum absolute atomic E-state index is 12.3. The first-order valence-corrected chi connectivity index (χ1v) is 8.58. The molecule has 0 N–H and O–H groups in total. The van der Waals surface area contributed by atoms with Gasteiger partial charge < -0.3 is 9.64 Å². The van der Waals surface area contributed by atoms with Crippen molar-refractivity contribution < 1.29 is 9.53 Å². The van der Waals surface area contributed by atoms with Crippen LogP contribution in [0.2, 0.25) is 0 Å². The minimum absolute atomic E-state index is 0.167. The molecule has 1 aliphatic rings. The van der Waals surface area contributed by atoms with Gasteiger partial charge in [-0.1, -0.05) is 17.7 Å². The van der Waals surface area contributed by atoms with Crippen molar-refractivity contribution in [1.82, 2.24) is 4.90 Å². The van der Waals surface area contributed by atoms with Crippen LogP contribution in [-0.4, -0.2) is 23.9 Å². The Morgan fingerprint density at radius 1 is 1.23 bits per heavy atom. The summed E-state index contributed by atoms with van der Waals surface area (Å²) in [4.78, 5) is 15.1. The molecule has 116 valence electrons. The van der Waals surface area contributed by atoms with Crippen molar-refractivity contribution in [2.45, 2.75) is 33.3 Å². The largest absolute Gasteiger partial charge is 0.489 e. The Morgan fingerprint density at radius 2 is 2.00 bits per heavy atom. The van der Waals surface area contributed by atoms with E-state index >= 15 is 0 Å². The van der Waals surface area contributed by atoms with Crippen LogP contribution in [0.5, 0.6) is 5.75 Å². The second-order valence-corrected chi connectivity index (χ2v) is 6.79. The maximum Gasteiger partial charge on any atom is 0.263 e. The van der Waals surface area contributed by atoms with E-state index < -0.39 is 0 Å². The number of carbonyl (C=O) groups excluding carboxylic acids is 1. The third-order valence-corrected chi connectivity index (χ3v) is 4.95. The molecule has 1 amide bonds. The van der Waals surface area contributed by atoms with Crippen LogP contribution in [0, 0.1) is 13.8 Å². The average Bonchev–Trinajstić information content (AvgIpc) is 3.17. The van der Waals surface area contributed by atoms with Gasteiger partial charge in [-0.2, -0.15) is 0 Å². The first-order valence-electron chi connectivity index (χ1n) is 7.70. The molecule has 2 heterocycles. The highest BCUT2D eigenvalue weighted by Crippen LogP contribution is 2.23. The van der Waals surface area contributed by atoms with E-state index in [1.807, 2.05) is 22.4 Å². The van der Waals surface area contributed by atoms with Crippen LogP contribution in [0.1, 0.15) is 39.2 Å². The summed E-state index contributed by atoms with van der Waals surface area (Å²) in [5.41, 5.74) is 3.44. The van der Waals surface area contributed by atoms with Gasteiger partial charge in [-0.15, -0.1) is 11.3 Å². The van der Waals surface area contributed by atoms with E-state index in [9.17, 15) is 4.79 Å². The predicted molar refractivity (Wildman–Crippen MR) is 89.7 cm³/mol. The molecule has 2 aromatic rings. The molecule has 0 atom stereocenters. The summed E-state index contributed by atoms with van der Waals surface area (Å²) in [6, 6.07) is 8.14. The quantitative estimate of drug-likeness (QED) is 0.847. The number of carbonyl (C=O) groups is 1. The molecule has 1 aromatic heterocycles. The molecule has 0 unspecified atom stereocenters. The number of hydrogen-bond acceptors (Lipinski definition) is 3. The van der Waals surface area contributed by atoms with Gasteiger partial charge in [0.1, 0.15) is 12.4 Å². The topological polar surface area (TPSA) is 29.5 Å². The number of rotatable bonds is 4. The van der Waals surface area contributed by atoms with Gasteiger partial charge in [0.05, 0.1) is 4.88 Å². The standard InChI is InChI=1S/C18H21NO2S/c1-13-5-6-16(14(2)9-13)21-11-15-10-17(22-12-15)18(20)19-7-3-4-8-19/h5-6,9-10,12H,3-4,7-8,11H2,1-2H3. The zero-order valence-corrected chi connectivity index (χ0v) is 13.9. The van der Waals surface area contributed by atoms with Crippen molar-refractivity contribution in [3.63, 3.8) is 0 Å². The van der Waals surface area contributed by atoms with Crippen molar-refractivity contribution in [2.24, 2.45) is 0 Å². The van der Waals surface area contributed by atoms with Crippen LogP contribution in [0.4, 0.5) is 0 Å². The van der Waals surface area contributed by atoms with Crippen molar-refractivity contribution in [2.75, 3.05) is 13.1 Å². The fraction of sp³-hybridized carbons (Fsp3) is 0.389. The molecular weight excluding hydrogens is 294 g/mol. The van der Waals surface area contributed by atoms with Gasteiger partial charge >= 0.3 is 0 Å². The van der Waals surface area contributed by atoms with E-state index in [2.05, 4.69) is 26.0 Å². The second-order valence-electron chi connectivity index (χ2n) is 5.88. The highest BCUT2D eigenvalue weighted by Gasteiger charge is 2.20. The molecule has 3 rings (SSSR count). The number of ether oxygens (including phenoxy) is 1. The summed E-state index contributed by atoms with van der Waals surface area (Å²) in [6.07, 6.45) is 2.25. The predicted octanol–water partition coefficient (Wildman–Crippen LogP) is 4.18. The lowest BCUT2D eigenvalue weighted by atomic mass is 10.1. The second kappa shape index (κ2) is 6.53. The van der Waals surface area contributed by atoms with E-state index in [0.717, 1.165) is 47.7 Å². The van der Waals surface area contributed by atoms with Gasteiger partial charge in [0.2, 0.25) is 0 Å². The van der Waals surface area contributed by atoms with Crippen LogP contribution in [0.3, 0.4) is 0 Å². The molecule has 3 nitrogen and oxygen atoms in total. The summed E-state index contributed by atoms with van der Waals surface area (Å²) < 4.78 is 5.88. The van der Waals surface area contributed by atoms with Crippen molar-refractivity contribution in [1.29, 1.82) is 0 Å². The Kier molecular flexibility index (Phi) is 4.48. The SMILES string of the molecule is Cc1ccc(OCc2csc(C(=O)N3CCCC3)c2)c(C)c1. The van der Waals surface area contributed by atoms with Crippen LogP contribution < -0.4 is 4.74 Å². The Labute approximate surface area is 135 Å². The Bertz CT molecular complexity index is 671. The Balaban J connectivity index is 1.63.